The van der Waals surface area contributed by atoms with Gasteiger partial charge in [-0.25, -0.2) is 4.98 Å². The van der Waals surface area contributed by atoms with Gasteiger partial charge in [0.1, 0.15) is 17.2 Å². The van der Waals surface area contributed by atoms with E-state index < -0.39 is 0 Å². The summed E-state index contributed by atoms with van der Waals surface area (Å²) in [6.07, 6.45) is 3.76. The number of nitrogens with two attached hydrogens (primary N) is 1. The van der Waals surface area contributed by atoms with E-state index in [4.69, 9.17) is 5.73 Å². The fraction of sp³-hybridized carbons (Fsp3) is 0.318. The maximum Gasteiger partial charge on any atom is 0.284 e. The Balaban J connectivity index is 1.80. The minimum atomic E-state index is -0.336. The van der Waals surface area contributed by atoms with Gasteiger partial charge in [-0.3, -0.25) is 9.59 Å². The van der Waals surface area contributed by atoms with E-state index in [1.165, 1.54) is 23.4 Å². The van der Waals surface area contributed by atoms with Crippen molar-refractivity contribution in [3.05, 3.63) is 57.6 Å². The predicted molar refractivity (Wildman–Crippen MR) is 118 cm³/mol. The van der Waals surface area contributed by atoms with Crippen LogP contribution in [-0.2, 0) is 17.8 Å². The first-order valence-electron chi connectivity index (χ1n) is 10.1. The predicted octanol–water partition coefficient (Wildman–Crippen LogP) is 2.68. The third kappa shape index (κ3) is 3.99. The molecule has 9 heteroatoms. The van der Waals surface area contributed by atoms with Crippen LogP contribution >= 0.6 is 11.8 Å². The molecule has 0 bridgehead atoms. The van der Waals surface area contributed by atoms with Crippen LogP contribution in [-0.4, -0.2) is 30.9 Å². The number of hydrogen-bond donors (Lipinski definition) is 1. The quantitative estimate of drug-likeness (QED) is 0.284. The number of para-hydroxylation sites is 1. The fourth-order valence-corrected chi connectivity index (χ4v) is 4.69. The smallest absolute Gasteiger partial charge is 0.284 e. The van der Waals surface area contributed by atoms with E-state index in [0.717, 1.165) is 37.9 Å². The van der Waals surface area contributed by atoms with Gasteiger partial charge in [0.25, 0.3) is 5.56 Å². The van der Waals surface area contributed by atoms with Gasteiger partial charge in [-0.1, -0.05) is 36.4 Å². The highest BCUT2D eigenvalue weighted by Gasteiger charge is 2.27. The summed E-state index contributed by atoms with van der Waals surface area (Å²) in [4.78, 5) is 30.3. The van der Waals surface area contributed by atoms with Crippen LogP contribution in [0.5, 0.6) is 0 Å². The third-order valence-electron chi connectivity index (χ3n) is 5.28. The molecule has 2 N–H and O–H groups in total. The van der Waals surface area contributed by atoms with E-state index in [9.17, 15) is 14.9 Å². The lowest BCUT2D eigenvalue weighted by atomic mass is 10.1. The lowest BCUT2D eigenvalue weighted by Crippen LogP contribution is -2.19. The first-order valence-corrected chi connectivity index (χ1v) is 11.1. The number of fused-ring (bicyclic) bond motifs is 3. The molecule has 1 aromatic carbocycles. The summed E-state index contributed by atoms with van der Waals surface area (Å²) in [5.74, 6) is 0.0821. The summed E-state index contributed by atoms with van der Waals surface area (Å²) in [5.41, 5.74) is 7.79. The van der Waals surface area contributed by atoms with Crippen LogP contribution in [0.15, 0.2) is 51.6 Å². The zero-order chi connectivity index (χ0) is 22.0. The summed E-state index contributed by atoms with van der Waals surface area (Å²) in [7, 11) is 0. The highest BCUT2D eigenvalue weighted by Crippen LogP contribution is 2.30. The Kier molecular flexibility index (Phi) is 5.91. The molecule has 0 saturated heterocycles. The van der Waals surface area contributed by atoms with Crippen LogP contribution in [0.2, 0.25) is 0 Å². The van der Waals surface area contributed by atoms with Crippen molar-refractivity contribution >= 4 is 17.5 Å². The number of nitriles is 1. The molecule has 0 aromatic heterocycles. The van der Waals surface area contributed by atoms with E-state index in [1.807, 2.05) is 41.0 Å². The van der Waals surface area contributed by atoms with Gasteiger partial charge in [-0.15, -0.1) is 5.10 Å². The van der Waals surface area contributed by atoms with Crippen LogP contribution in [0.1, 0.15) is 31.9 Å². The Morgan fingerprint density at radius 1 is 1.26 bits per heavy atom. The highest BCUT2D eigenvalue weighted by molar-refractivity contribution is 7.99. The number of benzene rings is 1. The second kappa shape index (κ2) is 8.78. The van der Waals surface area contributed by atoms with Crippen molar-refractivity contribution in [3.63, 3.8) is 0 Å². The molecular formula is C22H22N6O2S. The first-order chi connectivity index (χ1) is 15.0. The molecule has 0 spiro atoms. The molecule has 0 fully saturated rings. The summed E-state index contributed by atoms with van der Waals surface area (Å²) < 4.78 is 3.42. The van der Waals surface area contributed by atoms with Gasteiger partial charge in [-0.2, -0.15) is 9.94 Å². The summed E-state index contributed by atoms with van der Waals surface area (Å²) >= 11 is 1.25. The number of Topliss-reactive ketones (excluding diaryl/α,β-unsaturated/α-hetero) is 1. The fourth-order valence-electron chi connectivity index (χ4n) is 3.78. The zero-order valence-electron chi connectivity index (χ0n) is 17.2. The van der Waals surface area contributed by atoms with Crippen LogP contribution in [0.25, 0.3) is 17.1 Å². The van der Waals surface area contributed by atoms with E-state index in [0.29, 0.717) is 22.2 Å². The van der Waals surface area contributed by atoms with E-state index in [1.54, 1.807) is 0 Å². The first kappa shape index (κ1) is 20.9. The van der Waals surface area contributed by atoms with Crippen LogP contribution in [0, 0.1) is 11.3 Å². The normalized spacial score (nSPS) is 14.5. The van der Waals surface area contributed by atoms with E-state index >= 15 is 0 Å². The molecule has 0 atom stereocenters. The van der Waals surface area contributed by atoms with Crippen molar-refractivity contribution < 1.29 is 4.79 Å². The molecule has 3 aliphatic rings. The molecule has 31 heavy (non-hydrogen) atoms. The van der Waals surface area contributed by atoms with Crippen LogP contribution < -0.4 is 11.3 Å². The number of aromatic nitrogens is 4. The lowest BCUT2D eigenvalue weighted by molar-refractivity contribution is -0.112. The van der Waals surface area contributed by atoms with Gasteiger partial charge < -0.3 is 10.3 Å². The number of allylic oxidation sites excluding steroid dienone is 2. The Hall–Kier alpha value is -3.38. The molecule has 0 saturated carbocycles. The number of nitrogens with zero attached hydrogens (tertiary/aromatic N) is 5. The average molecular weight is 435 g/mol. The zero-order valence-corrected chi connectivity index (χ0v) is 18.0. The Morgan fingerprint density at radius 2 is 2.03 bits per heavy atom. The monoisotopic (exact) mass is 434 g/mol. The van der Waals surface area contributed by atoms with Crippen LogP contribution in [0.3, 0.4) is 0 Å². The minimum Gasteiger partial charge on any atom is -0.401 e. The summed E-state index contributed by atoms with van der Waals surface area (Å²) in [6, 6.07) is 11.1. The van der Waals surface area contributed by atoms with Gasteiger partial charge >= 0.3 is 0 Å². The van der Waals surface area contributed by atoms with Crippen molar-refractivity contribution in [2.24, 2.45) is 5.73 Å². The van der Waals surface area contributed by atoms with Crippen LogP contribution in [0.4, 0.5) is 0 Å². The lowest BCUT2D eigenvalue weighted by Gasteiger charge is -2.17. The topological polar surface area (TPSA) is 120 Å². The standard InChI is InChI=1S/C22H22N6O2S/c1-14(24)16(12-23)18(29)13-31-22-25-20-19(17-10-6-3-7-11-27(17)22)21(30)28(26-20)15-8-4-2-5-9-15/h2,4-5,8-9H,3,6-7,10-11,13,24H2,1H3/b16-14+. The van der Waals surface area contributed by atoms with Crippen molar-refractivity contribution in [2.75, 3.05) is 5.75 Å². The van der Waals surface area contributed by atoms with Crippen molar-refractivity contribution in [2.45, 2.75) is 44.3 Å². The number of carbonyl (C=O) groups is 1. The molecule has 3 heterocycles. The maximum absolute atomic E-state index is 13.2. The number of hydrogen-bond acceptors (Lipinski definition) is 7. The van der Waals surface area contributed by atoms with E-state index in [-0.39, 0.29) is 28.4 Å². The number of thioether (sulfide) groups is 1. The Bertz CT molecular complexity index is 1230. The largest absolute Gasteiger partial charge is 0.401 e. The maximum atomic E-state index is 13.2. The molecule has 3 aliphatic heterocycles. The molecule has 1 aromatic rings. The Labute approximate surface area is 183 Å². The number of rotatable bonds is 5. The molecule has 0 unspecified atom stereocenters. The second-order valence-electron chi connectivity index (χ2n) is 7.44. The van der Waals surface area contributed by atoms with Crippen molar-refractivity contribution in [1.29, 1.82) is 5.26 Å². The molecule has 158 valence electrons. The van der Waals surface area contributed by atoms with Crippen molar-refractivity contribution in [3.8, 4) is 23.1 Å². The Morgan fingerprint density at radius 3 is 2.74 bits per heavy atom. The third-order valence-corrected chi connectivity index (χ3v) is 6.26. The minimum absolute atomic E-state index is 0.0279. The summed E-state index contributed by atoms with van der Waals surface area (Å²) in [6.45, 7) is 2.26. The molecule has 4 rings (SSSR count). The average Bonchev–Trinajstić information content (AvgIpc) is 2.93. The van der Waals surface area contributed by atoms with Gasteiger partial charge in [0.05, 0.1) is 11.4 Å². The molecular weight excluding hydrogens is 412 g/mol. The van der Waals surface area contributed by atoms with Gasteiger partial charge in [-0.05, 0) is 38.3 Å². The molecule has 0 amide bonds. The van der Waals surface area contributed by atoms with Gasteiger partial charge in [0.15, 0.2) is 16.8 Å². The summed E-state index contributed by atoms with van der Waals surface area (Å²) in [5, 5.41) is 14.3. The molecule has 0 radical (unpaired) electrons. The van der Waals surface area contributed by atoms with Gasteiger partial charge in [0, 0.05) is 17.9 Å². The second-order valence-corrected chi connectivity index (χ2v) is 8.38. The molecule has 8 nitrogen and oxygen atoms in total. The van der Waals surface area contributed by atoms with Gasteiger partial charge in [0.2, 0.25) is 0 Å². The van der Waals surface area contributed by atoms with E-state index in [2.05, 4.69) is 10.1 Å². The highest BCUT2D eigenvalue weighted by atomic mass is 32.2. The SMILES string of the molecule is C/C(N)=C(/C#N)C(=O)CSc1nc2nn(-c3ccccc3)c(=O)c-2c2n1CCCCC2. The molecule has 0 aliphatic carbocycles. The number of ketones is 1. The number of carbonyl (C=O) groups excluding carboxylic acids is 1. The van der Waals surface area contributed by atoms with Crippen molar-refractivity contribution in [1.82, 2.24) is 19.3 Å².